The molecule has 0 saturated heterocycles. The summed E-state index contributed by atoms with van der Waals surface area (Å²) < 4.78 is 2.21. The number of anilines is 1. The molecule has 1 aromatic carbocycles. The Bertz CT molecular complexity index is 468. The van der Waals surface area contributed by atoms with Gasteiger partial charge in [0.2, 0.25) is 0 Å². The van der Waals surface area contributed by atoms with Crippen LogP contribution >= 0.6 is 0 Å². The molecule has 0 unspecified atom stereocenters. The maximum atomic E-state index is 3.40. The molecule has 66 valence electrons. The van der Waals surface area contributed by atoms with Crippen molar-refractivity contribution in [1.29, 1.82) is 0 Å². The van der Waals surface area contributed by atoms with E-state index in [9.17, 15) is 0 Å². The van der Waals surface area contributed by atoms with Gasteiger partial charge in [-0.2, -0.15) is 0 Å². The standard InChI is InChI=1S/C11H12N2/c1-13-7-5-8-2-3-10-9(11(8)13)4-6-12-10/h2-3,5,7,12H,4,6H2,1H3. The highest BCUT2D eigenvalue weighted by molar-refractivity contribution is 5.89. The van der Waals surface area contributed by atoms with Crippen molar-refractivity contribution in [2.45, 2.75) is 6.42 Å². The molecule has 0 fully saturated rings. The average Bonchev–Trinajstić information content (AvgIpc) is 2.70. The Hall–Kier alpha value is -1.44. The topological polar surface area (TPSA) is 17.0 Å². The summed E-state index contributed by atoms with van der Waals surface area (Å²) in [4.78, 5) is 0. The number of hydrogen-bond donors (Lipinski definition) is 1. The molecule has 2 aromatic rings. The van der Waals surface area contributed by atoms with E-state index in [1.165, 1.54) is 22.2 Å². The van der Waals surface area contributed by atoms with Crippen LogP contribution in [-0.2, 0) is 13.5 Å². The second kappa shape index (κ2) is 2.28. The minimum atomic E-state index is 1.08. The van der Waals surface area contributed by atoms with Crippen molar-refractivity contribution in [2.75, 3.05) is 11.9 Å². The number of aromatic nitrogens is 1. The van der Waals surface area contributed by atoms with Gasteiger partial charge in [0.15, 0.2) is 0 Å². The molecular formula is C11H12N2. The molecule has 13 heavy (non-hydrogen) atoms. The molecule has 0 saturated carbocycles. The van der Waals surface area contributed by atoms with Crippen molar-refractivity contribution in [3.63, 3.8) is 0 Å². The summed E-state index contributed by atoms with van der Waals surface area (Å²) in [7, 11) is 2.11. The molecule has 2 nitrogen and oxygen atoms in total. The number of aryl methyl sites for hydroxylation is 1. The summed E-state index contributed by atoms with van der Waals surface area (Å²) in [5.41, 5.74) is 4.18. The fourth-order valence-electron chi connectivity index (χ4n) is 2.21. The Morgan fingerprint density at radius 3 is 3.15 bits per heavy atom. The Balaban J connectivity index is 2.47. The minimum Gasteiger partial charge on any atom is -0.384 e. The van der Waals surface area contributed by atoms with E-state index in [1.54, 1.807) is 0 Å². The van der Waals surface area contributed by atoms with Crippen LogP contribution in [-0.4, -0.2) is 11.1 Å². The third-order valence-corrected chi connectivity index (χ3v) is 2.83. The zero-order valence-corrected chi connectivity index (χ0v) is 7.67. The molecule has 3 rings (SSSR count). The van der Waals surface area contributed by atoms with Gasteiger partial charge in [0, 0.05) is 31.0 Å². The maximum absolute atomic E-state index is 3.40. The predicted octanol–water partition coefficient (Wildman–Crippen LogP) is 2.15. The molecule has 1 N–H and O–H groups in total. The Morgan fingerprint density at radius 2 is 2.23 bits per heavy atom. The van der Waals surface area contributed by atoms with Crippen LogP contribution in [0.2, 0.25) is 0 Å². The monoisotopic (exact) mass is 172 g/mol. The van der Waals surface area contributed by atoms with E-state index in [-0.39, 0.29) is 0 Å². The van der Waals surface area contributed by atoms with Crippen LogP contribution in [0, 0.1) is 0 Å². The van der Waals surface area contributed by atoms with Gasteiger partial charge in [-0.15, -0.1) is 0 Å². The summed E-state index contributed by atoms with van der Waals surface area (Å²) >= 11 is 0. The molecule has 0 spiro atoms. The van der Waals surface area contributed by atoms with E-state index in [0.29, 0.717) is 0 Å². The van der Waals surface area contributed by atoms with Crippen molar-refractivity contribution in [2.24, 2.45) is 7.05 Å². The average molecular weight is 172 g/mol. The molecule has 0 bridgehead atoms. The Morgan fingerprint density at radius 1 is 1.31 bits per heavy atom. The lowest BCUT2D eigenvalue weighted by molar-refractivity contribution is 0.958. The fourth-order valence-corrected chi connectivity index (χ4v) is 2.21. The van der Waals surface area contributed by atoms with Crippen molar-refractivity contribution in [3.05, 3.63) is 30.0 Å². The maximum Gasteiger partial charge on any atom is 0.0531 e. The first-order chi connectivity index (χ1) is 6.36. The summed E-state index contributed by atoms with van der Waals surface area (Å²) in [5.74, 6) is 0. The van der Waals surface area contributed by atoms with Crippen LogP contribution in [0.5, 0.6) is 0 Å². The molecule has 1 aromatic heterocycles. The van der Waals surface area contributed by atoms with Crippen LogP contribution in [0.25, 0.3) is 10.9 Å². The molecule has 1 aliphatic heterocycles. The Labute approximate surface area is 77.2 Å². The Kier molecular flexibility index (Phi) is 1.23. The number of nitrogens with zero attached hydrogens (tertiary/aromatic N) is 1. The SMILES string of the molecule is Cn1ccc2ccc3c(c21)CCN3. The summed E-state index contributed by atoms with van der Waals surface area (Å²) in [6.07, 6.45) is 3.29. The number of benzene rings is 1. The molecular weight excluding hydrogens is 160 g/mol. The van der Waals surface area contributed by atoms with E-state index < -0.39 is 0 Å². The number of fused-ring (bicyclic) bond motifs is 3. The first-order valence-corrected chi connectivity index (χ1v) is 4.67. The zero-order chi connectivity index (χ0) is 8.84. The largest absolute Gasteiger partial charge is 0.384 e. The van der Waals surface area contributed by atoms with Gasteiger partial charge in [-0.3, -0.25) is 0 Å². The lowest BCUT2D eigenvalue weighted by Gasteiger charge is -2.03. The van der Waals surface area contributed by atoms with Gasteiger partial charge in [0.05, 0.1) is 5.52 Å². The minimum absolute atomic E-state index is 1.08. The van der Waals surface area contributed by atoms with Crippen molar-refractivity contribution < 1.29 is 0 Å². The van der Waals surface area contributed by atoms with Crippen LogP contribution < -0.4 is 5.32 Å². The van der Waals surface area contributed by atoms with E-state index in [2.05, 4.69) is 41.3 Å². The second-order valence-electron chi connectivity index (χ2n) is 3.63. The molecule has 0 amide bonds. The van der Waals surface area contributed by atoms with Crippen molar-refractivity contribution in [1.82, 2.24) is 4.57 Å². The number of hydrogen-bond acceptors (Lipinski definition) is 1. The van der Waals surface area contributed by atoms with Gasteiger partial charge in [-0.05, 0) is 23.9 Å². The molecule has 0 aliphatic carbocycles. The number of rotatable bonds is 0. The van der Waals surface area contributed by atoms with Gasteiger partial charge >= 0.3 is 0 Å². The number of nitrogens with one attached hydrogen (secondary N) is 1. The second-order valence-corrected chi connectivity index (χ2v) is 3.63. The van der Waals surface area contributed by atoms with Crippen LogP contribution in [0.15, 0.2) is 24.4 Å². The van der Waals surface area contributed by atoms with E-state index in [0.717, 1.165) is 13.0 Å². The summed E-state index contributed by atoms with van der Waals surface area (Å²) in [6.45, 7) is 1.08. The summed E-state index contributed by atoms with van der Waals surface area (Å²) in [6, 6.07) is 6.55. The van der Waals surface area contributed by atoms with Gasteiger partial charge in [-0.1, -0.05) is 6.07 Å². The van der Waals surface area contributed by atoms with Crippen molar-refractivity contribution in [3.8, 4) is 0 Å². The van der Waals surface area contributed by atoms with E-state index in [4.69, 9.17) is 0 Å². The molecule has 2 heteroatoms. The fraction of sp³-hybridized carbons (Fsp3) is 0.273. The first kappa shape index (κ1) is 7.01. The van der Waals surface area contributed by atoms with Crippen LogP contribution in [0.4, 0.5) is 5.69 Å². The molecule has 1 aliphatic rings. The van der Waals surface area contributed by atoms with Gasteiger partial charge in [0.1, 0.15) is 0 Å². The van der Waals surface area contributed by atoms with Crippen LogP contribution in [0.1, 0.15) is 5.56 Å². The molecule has 0 atom stereocenters. The predicted molar refractivity (Wildman–Crippen MR) is 55.1 cm³/mol. The zero-order valence-electron chi connectivity index (χ0n) is 7.67. The smallest absolute Gasteiger partial charge is 0.0531 e. The molecule has 2 heterocycles. The highest BCUT2D eigenvalue weighted by atomic mass is 14.9. The normalized spacial score (nSPS) is 14.5. The summed E-state index contributed by atoms with van der Waals surface area (Å²) in [5, 5.41) is 4.75. The van der Waals surface area contributed by atoms with E-state index in [1.807, 2.05) is 0 Å². The van der Waals surface area contributed by atoms with E-state index >= 15 is 0 Å². The molecule has 0 radical (unpaired) electrons. The lowest BCUT2D eigenvalue weighted by Crippen LogP contribution is -1.90. The highest BCUT2D eigenvalue weighted by Crippen LogP contribution is 2.30. The first-order valence-electron chi connectivity index (χ1n) is 4.67. The third kappa shape index (κ3) is 0.829. The lowest BCUT2D eigenvalue weighted by atomic mass is 10.1. The highest BCUT2D eigenvalue weighted by Gasteiger charge is 2.14. The van der Waals surface area contributed by atoms with Gasteiger partial charge in [-0.25, -0.2) is 0 Å². The quantitative estimate of drug-likeness (QED) is 0.644. The van der Waals surface area contributed by atoms with Gasteiger partial charge in [0.25, 0.3) is 0 Å². The third-order valence-electron chi connectivity index (χ3n) is 2.83. The van der Waals surface area contributed by atoms with Crippen molar-refractivity contribution >= 4 is 16.6 Å². The van der Waals surface area contributed by atoms with Crippen LogP contribution in [0.3, 0.4) is 0 Å². The van der Waals surface area contributed by atoms with Gasteiger partial charge < -0.3 is 9.88 Å².